The summed E-state index contributed by atoms with van der Waals surface area (Å²) in [5.74, 6) is -1.01. The number of hydrogen-bond acceptors (Lipinski definition) is 4. The molecule has 0 unspecified atom stereocenters. The second-order valence-electron chi connectivity index (χ2n) is 5.19. The Bertz CT molecular complexity index is 1070. The van der Waals surface area contributed by atoms with Gasteiger partial charge in [0.15, 0.2) is 5.15 Å². The predicted molar refractivity (Wildman–Crippen MR) is 105 cm³/mol. The number of aromatic nitrogens is 1. The molecular formula is C17H10BrClF2N2O2S2. The summed E-state index contributed by atoms with van der Waals surface area (Å²) >= 11 is 10.2. The van der Waals surface area contributed by atoms with Crippen molar-refractivity contribution >= 4 is 55.2 Å². The van der Waals surface area contributed by atoms with Gasteiger partial charge in [0, 0.05) is 27.5 Å². The Kier molecular flexibility index (Phi) is 6.05. The molecule has 0 radical (unpaired) electrons. The summed E-state index contributed by atoms with van der Waals surface area (Å²) in [7, 11) is -4.13. The maximum atomic E-state index is 13.2. The lowest BCUT2D eigenvalue weighted by molar-refractivity contribution is 0.597. The van der Waals surface area contributed by atoms with Gasteiger partial charge in [-0.3, -0.25) is 0 Å². The van der Waals surface area contributed by atoms with E-state index in [4.69, 9.17) is 11.6 Å². The number of rotatable bonds is 5. The zero-order chi connectivity index (χ0) is 19.6. The van der Waals surface area contributed by atoms with Crippen LogP contribution in [0.15, 0.2) is 75.1 Å². The maximum Gasteiger partial charge on any atom is 0.274 e. The second kappa shape index (κ2) is 8.14. The molecule has 2 aromatic carbocycles. The molecule has 1 heterocycles. The number of benzene rings is 2. The van der Waals surface area contributed by atoms with Crippen molar-refractivity contribution in [2.45, 2.75) is 9.79 Å². The molecule has 0 atom stereocenters. The number of halogens is 4. The summed E-state index contributed by atoms with van der Waals surface area (Å²) in [6, 6.07) is 11.2. The number of nitrogens with zero attached hydrogens (tertiary/aromatic N) is 2. The first-order valence-electron chi connectivity index (χ1n) is 7.33. The van der Waals surface area contributed by atoms with Gasteiger partial charge in [0.1, 0.15) is 17.3 Å². The van der Waals surface area contributed by atoms with Crippen LogP contribution in [-0.2, 0) is 10.0 Å². The van der Waals surface area contributed by atoms with Crippen molar-refractivity contribution in [3.8, 4) is 0 Å². The van der Waals surface area contributed by atoms with Crippen LogP contribution in [0, 0.1) is 11.6 Å². The standard InChI is InChI=1S/C17H10BrClF2N2O2S2/c18-11-9-16(17(19)22-10-11)23(26-14-5-1-12(20)2-6-14)27(24,25)15-7-3-13(21)4-8-15/h1-10H. The molecular weight excluding hydrogens is 482 g/mol. The van der Waals surface area contributed by atoms with Gasteiger partial charge in [-0.2, -0.15) is 0 Å². The lowest BCUT2D eigenvalue weighted by Crippen LogP contribution is -2.24. The monoisotopic (exact) mass is 490 g/mol. The third-order valence-corrected chi connectivity index (χ3v) is 7.20. The van der Waals surface area contributed by atoms with Crippen LogP contribution < -0.4 is 3.71 Å². The Balaban J connectivity index is 2.12. The average Bonchev–Trinajstić information content (AvgIpc) is 2.63. The first-order chi connectivity index (χ1) is 12.8. The number of pyridine rings is 1. The van der Waals surface area contributed by atoms with E-state index in [1.807, 2.05) is 0 Å². The molecule has 0 aliphatic heterocycles. The van der Waals surface area contributed by atoms with E-state index in [1.54, 1.807) is 0 Å². The Hall–Kier alpha value is -1.68. The quantitative estimate of drug-likeness (QED) is 0.340. The first kappa shape index (κ1) is 20.1. The van der Waals surface area contributed by atoms with Crippen LogP contribution in [0.3, 0.4) is 0 Å². The van der Waals surface area contributed by atoms with Gasteiger partial charge in [-0.15, -0.1) is 0 Å². The van der Waals surface area contributed by atoms with E-state index in [0.717, 1.165) is 39.9 Å². The van der Waals surface area contributed by atoms with Crippen molar-refractivity contribution in [1.82, 2.24) is 4.98 Å². The summed E-state index contributed by atoms with van der Waals surface area (Å²) in [5, 5.41) is -0.0431. The molecule has 0 fully saturated rings. The zero-order valence-corrected chi connectivity index (χ0v) is 17.3. The Morgan fingerprint density at radius 2 is 1.56 bits per heavy atom. The van der Waals surface area contributed by atoms with Crippen molar-refractivity contribution in [2.75, 3.05) is 3.71 Å². The van der Waals surface area contributed by atoms with Crippen molar-refractivity contribution in [1.29, 1.82) is 0 Å². The number of sulfonamides is 1. The largest absolute Gasteiger partial charge is 0.274 e. The molecule has 27 heavy (non-hydrogen) atoms. The fourth-order valence-electron chi connectivity index (χ4n) is 2.06. The normalized spacial score (nSPS) is 11.4. The highest BCUT2D eigenvalue weighted by molar-refractivity contribution is 9.10. The summed E-state index contributed by atoms with van der Waals surface area (Å²) in [6.07, 6.45) is 1.43. The third-order valence-electron chi connectivity index (χ3n) is 3.32. The molecule has 0 bridgehead atoms. The molecule has 0 spiro atoms. The Morgan fingerprint density at radius 3 is 2.15 bits per heavy atom. The molecule has 1 aromatic heterocycles. The van der Waals surface area contributed by atoms with Crippen LogP contribution in [-0.4, -0.2) is 13.4 Å². The molecule has 0 saturated heterocycles. The van der Waals surface area contributed by atoms with Crippen LogP contribution in [0.25, 0.3) is 0 Å². The molecule has 4 nitrogen and oxygen atoms in total. The minimum atomic E-state index is -4.13. The van der Waals surface area contributed by atoms with Crippen LogP contribution in [0.1, 0.15) is 0 Å². The Labute approximate surface area is 172 Å². The maximum absolute atomic E-state index is 13.2. The zero-order valence-electron chi connectivity index (χ0n) is 13.3. The van der Waals surface area contributed by atoms with Gasteiger partial charge in [-0.25, -0.2) is 25.9 Å². The van der Waals surface area contributed by atoms with Crippen molar-refractivity contribution in [3.63, 3.8) is 0 Å². The van der Waals surface area contributed by atoms with E-state index in [1.165, 1.54) is 36.5 Å². The average molecular weight is 492 g/mol. The minimum Gasteiger partial charge on any atom is -0.241 e. The van der Waals surface area contributed by atoms with E-state index >= 15 is 0 Å². The third kappa shape index (κ3) is 4.60. The summed E-state index contributed by atoms with van der Waals surface area (Å²) in [6.45, 7) is 0. The summed E-state index contributed by atoms with van der Waals surface area (Å²) < 4.78 is 54.3. The topological polar surface area (TPSA) is 50.3 Å². The van der Waals surface area contributed by atoms with Gasteiger partial charge < -0.3 is 0 Å². The first-order valence-corrected chi connectivity index (χ1v) is 10.7. The lowest BCUT2D eigenvalue weighted by atomic mass is 10.4. The summed E-state index contributed by atoms with van der Waals surface area (Å²) in [4.78, 5) is 4.28. The molecule has 10 heteroatoms. The fraction of sp³-hybridized carbons (Fsp3) is 0. The molecule has 140 valence electrons. The number of hydrogen-bond donors (Lipinski definition) is 0. The Morgan fingerprint density at radius 1 is 1.00 bits per heavy atom. The lowest BCUT2D eigenvalue weighted by Gasteiger charge is -2.23. The molecule has 0 saturated carbocycles. The van der Waals surface area contributed by atoms with E-state index in [9.17, 15) is 17.2 Å². The highest BCUT2D eigenvalue weighted by atomic mass is 79.9. The summed E-state index contributed by atoms with van der Waals surface area (Å²) in [5.41, 5.74) is 0.102. The molecule has 0 N–H and O–H groups in total. The number of anilines is 1. The van der Waals surface area contributed by atoms with Crippen LogP contribution in [0.4, 0.5) is 14.5 Å². The predicted octanol–water partition coefficient (Wildman–Crippen LogP) is 5.68. The van der Waals surface area contributed by atoms with Crippen LogP contribution >= 0.6 is 39.5 Å². The van der Waals surface area contributed by atoms with Gasteiger partial charge in [0.05, 0.1) is 4.90 Å². The van der Waals surface area contributed by atoms with Gasteiger partial charge in [0.2, 0.25) is 0 Å². The van der Waals surface area contributed by atoms with Crippen molar-refractivity contribution in [3.05, 3.63) is 82.1 Å². The van der Waals surface area contributed by atoms with Crippen LogP contribution in [0.2, 0.25) is 5.15 Å². The van der Waals surface area contributed by atoms with E-state index < -0.39 is 21.7 Å². The molecule has 0 amide bonds. The molecule has 3 rings (SSSR count). The van der Waals surface area contributed by atoms with Gasteiger partial charge in [0.25, 0.3) is 10.0 Å². The molecule has 3 aromatic rings. The second-order valence-corrected chi connectivity index (χ2v) is 9.51. The van der Waals surface area contributed by atoms with Gasteiger partial charge in [-0.05, 0) is 70.5 Å². The SMILES string of the molecule is O=S(=O)(c1ccc(F)cc1)N(Sc1ccc(F)cc1)c1cc(Br)cnc1Cl. The molecule has 0 aliphatic carbocycles. The molecule has 0 aliphatic rings. The smallest absolute Gasteiger partial charge is 0.241 e. The van der Waals surface area contributed by atoms with Gasteiger partial charge in [-0.1, -0.05) is 11.6 Å². The van der Waals surface area contributed by atoms with Gasteiger partial charge >= 0.3 is 0 Å². The highest BCUT2D eigenvalue weighted by Crippen LogP contribution is 2.39. The van der Waals surface area contributed by atoms with Crippen LogP contribution in [0.5, 0.6) is 0 Å². The highest BCUT2D eigenvalue weighted by Gasteiger charge is 2.29. The van der Waals surface area contributed by atoms with Crippen molar-refractivity contribution < 1.29 is 17.2 Å². The van der Waals surface area contributed by atoms with Crippen molar-refractivity contribution in [2.24, 2.45) is 0 Å². The minimum absolute atomic E-state index is 0.0431. The fourth-order valence-corrected chi connectivity index (χ4v) is 5.33. The van der Waals surface area contributed by atoms with E-state index in [-0.39, 0.29) is 15.7 Å². The van der Waals surface area contributed by atoms with E-state index in [0.29, 0.717) is 9.37 Å². The van der Waals surface area contributed by atoms with E-state index in [2.05, 4.69) is 20.9 Å².